The molecule has 2 heterocycles. The van der Waals surface area contributed by atoms with Crippen LogP contribution < -0.4 is 10.6 Å². The third-order valence-corrected chi connectivity index (χ3v) is 3.37. The molecule has 0 bridgehead atoms. The molecule has 2 N–H and O–H groups in total. The summed E-state index contributed by atoms with van der Waals surface area (Å²) in [5.74, 6) is 0.442. The molecular weight excluding hydrogens is 262 g/mol. The van der Waals surface area contributed by atoms with Crippen molar-refractivity contribution < 1.29 is 4.79 Å². The van der Waals surface area contributed by atoms with Gasteiger partial charge in [0.1, 0.15) is 4.88 Å². The summed E-state index contributed by atoms with van der Waals surface area (Å²) >= 11 is 1.29. The van der Waals surface area contributed by atoms with Crippen LogP contribution in [0.5, 0.6) is 0 Å². The lowest BCUT2D eigenvalue weighted by atomic mass is 10.4. The molecule has 0 unspecified atom stereocenters. The number of nitrogens with one attached hydrogen (secondary N) is 2. The zero-order valence-electron chi connectivity index (χ0n) is 10.6. The Kier molecular flexibility index (Phi) is 4.93. The summed E-state index contributed by atoms with van der Waals surface area (Å²) < 4.78 is 0. The van der Waals surface area contributed by atoms with E-state index in [1.54, 1.807) is 24.7 Å². The van der Waals surface area contributed by atoms with Crippen LogP contribution in [0.1, 0.15) is 16.1 Å². The van der Waals surface area contributed by atoms with Crippen LogP contribution in [-0.2, 0) is 0 Å². The van der Waals surface area contributed by atoms with Crippen LogP contribution >= 0.6 is 11.3 Å². The van der Waals surface area contributed by atoms with Gasteiger partial charge in [0.15, 0.2) is 10.8 Å². The average Bonchev–Trinajstić information content (AvgIpc) is 2.94. The van der Waals surface area contributed by atoms with Crippen molar-refractivity contribution in [3.63, 3.8) is 0 Å². The van der Waals surface area contributed by atoms with E-state index in [9.17, 15) is 4.79 Å². The van der Waals surface area contributed by atoms with Gasteiger partial charge in [-0.15, -0.1) is 11.3 Å². The molecule has 0 aliphatic carbocycles. The van der Waals surface area contributed by atoms with Crippen LogP contribution in [0, 0.1) is 0 Å². The maximum absolute atomic E-state index is 11.9. The van der Waals surface area contributed by atoms with E-state index in [0.717, 1.165) is 13.0 Å². The molecule has 0 aliphatic heterocycles. The lowest BCUT2D eigenvalue weighted by Gasteiger charge is -2.02. The summed E-state index contributed by atoms with van der Waals surface area (Å²) in [4.78, 5) is 24.8. The average molecular weight is 277 g/mol. The zero-order valence-corrected chi connectivity index (χ0v) is 11.4. The predicted octanol–water partition coefficient (Wildman–Crippen LogP) is 0.939. The molecule has 6 nitrogen and oxygen atoms in total. The maximum Gasteiger partial charge on any atom is 0.263 e. The number of hydrogen-bond donors (Lipinski definition) is 2. The quantitative estimate of drug-likeness (QED) is 0.768. The highest BCUT2D eigenvalue weighted by Crippen LogP contribution is 2.21. The minimum Gasteiger partial charge on any atom is -0.351 e. The van der Waals surface area contributed by atoms with Crippen molar-refractivity contribution in [3.05, 3.63) is 29.5 Å². The molecule has 1 amide bonds. The SMILES string of the molecule is CNCCCNC(=O)c1cnc(-c2ncccn2)s1. The van der Waals surface area contributed by atoms with E-state index in [1.807, 2.05) is 7.05 Å². The normalized spacial score (nSPS) is 10.4. The van der Waals surface area contributed by atoms with E-state index in [2.05, 4.69) is 25.6 Å². The number of rotatable bonds is 6. The summed E-state index contributed by atoms with van der Waals surface area (Å²) in [5.41, 5.74) is 0. The molecule has 0 radical (unpaired) electrons. The van der Waals surface area contributed by atoms with E-state index < -0.39 is 0 Å². The van der Waals surface area contributed by atoms with Gasteiger partial charge in [-0.1, -0.05) is 0 Å². The van der Waals surface area contributed by atoms with Gasteiger partial charge in [-0.2, -0.15) is 0 Å². The largest absolute Gasteiger partial charge is 0.351 e. The summed E-state index contributed by atoms with van der Waals surface area (Å²) in [7, 11) is 1.89. The second-order valence-electron chi connectivity index (χ2n) is 3.82. The van der Waals surface area contributed by atoms with Crippen LogP contribution in [-0.4, -0.2) is 41.0 Å². The van der Waals surface area contributed by atoms with Gasteiger partial charge < -0.3 is 10.6 Å². The number of carbonyl (C=O) groups excluding carboxylic acids is 1. The number of hydrogen-bond acceptors (Lipinski definition) is 6. The second kappa shape index (κ2) is 6.91. The first kappa shape index (κ1) is 13.6. The third-order valence-electron chi connectivity index (χ3n) is 2.38. The zero-order chi connectivity index (χ0) is 13.5. The Morgan fingerprint density at radius 3 is 2.79 bits per heavy atom. The Hall–Kier alpha value is -1.86. The first-order valence-corrected chi connectivity index (χ1v) is 6.79. The summed E-state index contributed by atoms with van der Waals surface area (Å²) in [6, 6.07) is 1.74. The Morgan fingerprint density at radius 2 is 2.05 bits per heavy atom. The molecule has 2 aromatic heterocycles. The molecule has 2 rings (SSSR count). The molecule has 0 saturated heterocycles. The molecule has 100 valence electrons. The molecule has 0 aliphatic rings. The molecule has 0 atom stereocenters. The Labute approximate surface area is 115 Å². The number of amides is 1. The van der Waals surface area contributed by atoms with E-state index >= 15 is 0 Å². The molecule has 0 fully saturated rings. The summed E-state index contributed by atoms with van der Waals surface area (Å²) in [6.07, 6.45) is 5.77. The van der Waals surface area contributed by atoms with Crippen molar-refractivity contribution in [2.24, 2.45) is 0 Å². The van der Waals surface area contributed by atoms with Crippen LogP contribution in [0.25, 0.3) is 10.8 Å². The highest BCUT2D eigenvalue weighted by Gasteiger charge is 2.12. The van der Waals surface area contributed by atoms with Crippen LogP contribution in [0.3, 0.4) is 0 Å². The van der Waals surface area contributed by atoms with E-state index in [-0.39, 0.29) is 5.91 Å². The number of nitrogens with zero attached hydrogens (tertiary/aromatic N) is 3. The van der Waals surface area contributed by atoms with Crippen LogP contribution in [0.15, 0.2) is 24.7 Å². The first-order chi connectivity index (χ1) is 9.31. The fraction of sp³-hybridized carbons (Fsp3) is 0.333. The highest BCUT2D eigenvalue weighted by atomic mass is 32.1. The van der Waals surface area contributed by atoms with Gasteiger partial charge in [-0.05, 0) is 26.1 Å². The van der Waals surface area contributed by atoms with E-state index in [1.165, 1.54) is 11.3 Å². The smallest absolute Gasteiger partial charge is 0.263 e. The molecule has 0 spiro atoms. The molecular formula is C12H15N5OS. The minimum atomic E-state index is -0.101. The van der Waals surface area contributed by atoms with Crippen molar-refractivity contribution in [1.82, 2.24) is 25.6 Å². The van der Waals surface area contributed by atoms with Gasteiger partial charge in [0.05, 0.1) is 6.20 Å². The van der Waals surface area contributed by atoms with E-state index in [4.69, 9.17) is 0 Å². The molecule has 0 aromatic carbocycles. The van der Waals surface area contributed by atoms with Crippen LogP contribution in [0.2, 0.25) is 0 Å². The van der Waals surface area contributed by atoms with Gasteiger partial charge in [0, 0.05) is 18.9 Å². The molecule has 19 heavy (non-hydrogen) atoms. The Bertz CT molecular complexity index is 528. The predicted molar refractivity (Wildman–Crippen MR) is 74.0 cm³/mol. The lowest BCUT2D eigenvalue weighted by molar-refractivity contribution is 0.0957. The number of carbonyl (C=O) groups is 1. The van der Waals surface area contributed by atoms with Gasteiger partial charge in [0.2, 0.25) is 0 Å². The molecule has 0 saturated carbocycles. The van der Waals surface area contributed by atoms with Crippen molar-refractivity contribution in [2.45, 2.75) is 6.42 Å². The summed E-state index contributed by atoms with van der Waals surface area (Å²) in [5, 5.41) is 6.53. The standard InChI is InChI=1S/C12H15N5OS/c1-13-4-2-7-16-11(18)9-8-17-12(19-9)10-14-5-3-6-15-10/h3,5-6,8,13H,2,4,7H2,1H3,(H,16,18). The fourth-order valence-electron chi connectivity index (χ4n) is 1.45. The monoisotopic (exact) mass is 277 g/mol. The Balaban J connectivity index is 1.95. The van der Waals surface area contributed by atoms with Crippen molar-refractivity contribution in [2.75, 3.05) is 20.1 Å². The first-order valence-electron chi connectivity index (χ1n) is 5.97. The van der Waals surface area contributed by atoms with Crippen molar-refractivity contribution in [3.8, 4) is 10.8 Å². The van der Waals surface area contributed by atoms with Gasteiger partial charge in [-0.25, -0.2) is 15.0 Å². The van der Waals surface area contributed by atoms with Crippen molar-refractivity contribution in [1.29, 1.82) is 0 Å². The highest BCUT2D eigenvalue weighted by molar-refractivity contribution is 7.16. The van der Waals surface area contributed by atoms with Crippen molar-refractivity contribution >= 4 is 17.2 Å². The maximum atomic E-state index is 11.9. The lowest BCUT2D eigenvalue weighted by Crippen LogP contribution is -2.25. The van der Waals surface area contributed by atoms with E-state index in [0.29, 0.717) is 22.3 Å². The minimum absolute atomic E-state index is 0.101. The third kappa shape index (κ3) is 3.80. The molecule has 2 aromatic rings. The molecule has 7 heteroatoms. The number of thiazole rings is 1. The van der Waals surface area contributed by atoms with Gasteiger partial charge in [-0.3, -0.25) is 4.79 Å². The Morgan fingerprint density at radius 1 is 1.26 bits per heavy atom. The van der Waals surface area contributed by atoms with Crippen LogP contribution in [0.4, 0.5) is 0 Å². The topological polar surface area (TPSA) is 79.8 Å². The van der Waals surface area contributed by atoms with Gasteiger partial charge in [0.25, 0.3) is 5.91 Å². The van der Waals surface area contributed by atoms with Gasteiger partial charge >= 0.3 is 0 Å². The fourth-order valence-corrected chi connectivity index (χ4v) is 2.23. The summed E-state index contributed by atoms with van der Waals surface area (Å²) in [6.45, 7) is 1.53. The number of aromatic nitrogens is 3. The second-order valence-corrected chi connectivity index (χ2v) is 4.85.